The number of nitrogens with zero attached hydrogens (tertiary/aromatic N) is 1. The highest BCUT2D eigenvalue weighted by atomic mass is 35.5. The van der Waals surface area contributed by atoms with Gasteiger partial charge in [-0.25, -0.2) is 4.79 Å². The molecule has 0 aromatic heterocycles. The topological polar surface area (TPSA) is 66.4 Å². The Morgan fingerprint density at radius 1 is 1.11 bits per heavy atom. The van der Waals surface area contributed by atoms with Gasteiger partial charge in [-0.2, -0.15) is 0 Å². The molecular formula is C20H21Cl2NO5. The van der Waals surface area contributed by atoms with E-state index in [-0.39, 0.29) is 18.4 Å². The summed E-state index contributed by atoms with van der Waals surface area (Å²) in [6, 6.07) is 10.4. The molecule has 2 rings (SSSR count). The highest BCUT2D eigenvalue weighted by molar-refractivity contribution is 6.43. The summed E-state index contributed by atoms with van der Waals surface area (Å²) in [5, 5.41) is 4.47. The number of halogens is 2. The number of carbonyl (C=O) groups excluding carboxylic acids is 1. The van der Waals surface area contributed by atoms with Crippen molar-refractivity contribution in [2.45, 2.75) is 26.6 Å². The molecular weight excluding hydrogens is 405 g/mol. The van der Waals surface area contributed by atoms with Crippen LogP contribution < -0.4 is 9.47 Å². The predicted octanol–water partition coefficient (Wildman–Crippen LogP) is 4.88. The third kappa shape index (κ3) is 5.53. The van der Waals surface area contributed by atoms with Gasteiger partial charge in [0.05, 0.1) is 23.3 Å². The molecule has 0 unspecified atom stereocenters. The minimum absolute atomic E-state index is 0.0425. The van der Waals surface area contributed by atoms with Gasteiger partial charge in [-0.05, 0) is 19.4 Å². The SMILES string of the molecule is CO/N=C(/C(=O)OC)c1ccccc1COc1cc(Cl)c(OC(C)C)c(Cl)c1. The van der Waals surface area contributed by atoms with E-state index in [1.54, 1.807) is 24.3 Å². The zero-order valence-electron chi connectivity index (χ0n) is 16.0. The number of hydrogen-bond acceptors (Lipinski definition) is 6. The van der Waals surface area contributed by atoms with Crippen LogP contribution in [0.25, 0.3) is 0 Å². The van der Waals surface area contributed by atoms with Gasteiger partial charge in [0.25, 0.3) is 0 Å². The molecule has 0 atom stereocenters. The molecule has 2 aromatic rings. The molecule has 0 spiro atoms. The molecule has 2 aromatic carbocycles. The molecule has 0 amide bonds. The quantitative estimate of drug-likeness (QED) is 0.342. The predicted molar refractivity (Wildman–Crippen MR) is 109 cm³/mol. The normalized spacial score (nSPS) is 11.3. The van der Waals surface area contributed by atoms with Crippen LogP contribution in [-0.4, -0.2) is 32.0 Å². The second-order valence-electron chi connectivity index (χ2n) is 5.94. The van der Waals surface area contributed by atoms with Crippen LogP contribution in [0.2, 0.25) is 10.0 Å². The summed E-state index contributed by atoms with van der Waals surface area (Å²) in [5.41, 5.74) is 1.28. The molecule has 0 aliphatic rings. The van der Waals surface area contributed by atoms with E-state index < -0.39 is 5.97 Å². The molecule has 150 valence electrons. The summed E-state index contributed by atoms with van der Waals surface area (Å²) in [7, 11) is 2.63. The molecule has 0 saturated carbocycles. The molecule has 0 saturated heterocycles. The smallest absolute Gasteiger partial charge is 0.360 e. The fraction of sp³-hybridized carbons (Fsp3) is 0.300. The lowest BCUT2D eigenvalue weighted by Crippen LogP contribution is -2.19. The summed E-state index contributed by atoms with van der Waals surface area (Å²) in [6.07, 6.45) is -0.0644. The highest BCUT2D eigenvalue weighted by Gasteiger charge is 2.19. The molecule has 0 fully saturated rings. The Labute approximate surface area is 173 Å². The van der Waals surface area contributed by atoms with Gasteiger partial charge in [0.1, 0.15) is 19.5 Å². The highest BCUT2D eigenvalue weighted by Crippen LogP contribution is 2.37. The number of ether oxygens (including phenoxy) is 3. The van der Waals surface area contributed by atoms with Gasteiger partial charge >= 0.3 is 5.97 Å². The zero-order valence-corrected chi connectivity index (χ0v) is 17.5. The average molecular weight is 426 g/mol. The Morgan fingerprint density at radius 2 is 1.75 bits per heavy atom. The van der Waals surface area contributed by atoms with Crippen molar-refractivity contribution in [2.75, 3.05) is 14.2 Å². The number of rotatable bonds is 8. The van der Waals surface area contributed by atoms with E-state index in [0.29, 0.717) is 32.7 Å². The first-order valence-corrected chi connectivity index (χ1v) is 9.19. The van der Waals surface area contributed by atoms with Crippen molar-refractivity contribution in [1.82, 2.24) is 0 Å². The number of oxime groups is 1. The van der Waals surface area contributed by atoms with E-state index in [0.717, 1.165) is 0 Å². The average Bonchev–Trinajstić information content (AvgIpc) is 2.67. The van der Waals surface area contributed by atoms with Crippen LogP contribution in [-0.2, 0) is 21.0 Å². The van der Waals surface area contributed by atoms with Gasteiger partial charge in [-0.15, -0.1) is 0 Å². The van der Waals surface area contributed by atoms with Crippen LogP contribution >= 0.6 is 23.2 Å². The van der Waals surface area contributed by atoms with Crippen LogP contribution in [0.15, 0.2) is 41.6 Å². The van der Waals surface area contributed by atoms with Gasteiger partial charge in [0.15, 0.2) is 11.5 Å². The third-order valence-electron chi connectivity index (χ3n) is 3.55. The monoisotopic (exact) mass is 425 g/mol. The minimum atomic E-state index is -0.615. The lowest BCUT2D eigenvalue weighted by atomic mass is 10.0. The van der Waals surface area contributed by atoms with Crippen molar-refractivity contribution in [1.29, 1.82) is 0 Å². The first-order chi connectivity index (χ1) is 13.4. The van der Waals surface area contributed by atoms with Gasteiger partial charge in [-0.3, -0.25) is 0 Å². The van der Waals surface area contributed by atoms with Crippen LogP contribution in [0.4, 0.5) is 0 Å². The van der Waals surface area contributed by atoms with Gasteiger partial charge in [0, 0.05) is 17.7 Å². The fourth-order valence-electron chi connectivity index (χ4n) is 2.39. The number of methoxy groups -OCH3 is 1. The molecule has 0 N–H and O–H groups in total. The van der Waals surface area contributed by atoms with E-state index in [1.165, 1.54) is 14.2 Å². The van der Waals surface area contributed by atoms with E-state index in [9.17, 15) is 4.79 Å². The van der Waals surface area contributed by atoms with Gasteiger partial charge in [0.2, 0.25) is 0 Å². The molecule has 0 aliphatic heterocycles. The third-order valence-corrected chi connectivity index (χ3v) is 4.11. The lowest BCUT2D eigenvalue weighted by molar-refractivity contribution is -0.132. The maximum atomic E-state index is 12.0. The zero-order chi connectivity index (χ0) is 20.7. The molecule has 0 aliphatic carbocycles. The Bertz CT molecular complexity index is 844. The Kier molecular flexibility index (Phi) is 7.96. The van der Waals surface area contributed by atoms with Gasteiger partial charge < -0.3 is 19.0 Å². The van der Waals surface area contributed by atoms with E-state index in [2.05, 4.69) is 5.16 Å². The van der Waals surface area contributed by atoms with Crippen molar-refractivity contribution in [3.8, 4) is 11.5 Å². The summed E-state index contributed by atoms with van der Waals surface area (Å²) < 4.78 is 16.2. The second kappa shape index (κ2) is 10.2. The van der Waals surface area contributed by atoms with Crippen molar-refractivity contribution < 1.29 is 23.8 Å². The molecule has 0 bridgehead atoms. The standard InChI is InChI=1S/C20H21Cl2NO5/c1-12(2)28-19-16(21)9-14(10-17(19)22)27-11-13-7-5-6-8-15(13)18(23-26-4)20(24)25-3/h5-10,12H,11H2,1-4H3/b23-18+. The Hall–Kier alpha value is -2.44. The van der Waals surface area contributed by atoms with Crippen molar-refractivity contribution >= 4 is 34.9 Å². The van der Waals surface area contributed by atoms with E-state index in [1.807, 2.05) is 26.0 Å². The maximum Gasteiger partial charge on any atom is 0.360 e. The summed E-state index contributed by atoms with van der Waals surface area (Å²) in [5.74, 6) is 0.256. The second-order valence-corrected chi connectivity index (χ2v) is 6.76. The van der Waals surface area contributed by atoms with Crippen LogP contribution in [0.1, 0.15) is 25.0 Å². The molecule has 6 nitrogen and oxygen atoms in total. The molecule has 8 heteroatoms. The lowest BCUT2D eigenvalue weighted by Gasteiger charge is -2.15. The first-order valence-electron chi connectivity index (χ1n) is 8.43. The van der Waals surface area contributed by atoms with E-state index in [4.69, 9.17) is 42.3 Å². The summed E-state index contributed by atoms with van der Waals surface area (Å²) in [4.78, 5) is 16.8. The summed E-state index contributed by atoms with van der Waals surface area (Å²) >= 11 is 12.5. The number of carbonyl (C=O) groups is 1. The maximum absolute atomic E-state index is 12.0. The molecule has 0 heterocycles. The Balaban J connectivity index is 2.26. The van der Waals surface area contributed by atoms with Crippen molar-refractivity contribution in [3.05, 3.63) is 57.6 Å². The van der Waals surface area contributed by atoms with E-state index >= 15 is 0 Å². The number of esters is 1. The molecule has 0 radical (unpaired) electrons. The fourth-order valence-corrected chi connectivity index (χ4v) is 2.95. The minimum Gasteiger partial charge on any atom is -0.489 e. The van der Waals surface area contributed by atoms with Crippen LogP contribution in [0, 0.1) is 0 Å². The van der Waals surface area contributed by atoms with Crippen LogP contribution in [0.3, 0.4) is 0 Å². The number of hydrogen-bond donors (Lipinski definition) is 0. The first kappa shape index (κ1) is 21.9. The van der Waals surface area contributed by atoms with Crippen LogP contribution in [0.5, 0.6) is 11.5 Å². The van der Waals surface area contributed by atoms with Crippen molar-refractivity contribution in [2.24, 2.45) is 5.16 Å². The summed E-state index contributed by atoms with van der Waals surface area (Å²) in [6.45, 7) is 3.91. The molecule has 28 heavy (non-hydrogen) atoms. The largest absolute Gasteiger partial charge is 0.489 e. The number of benzene rings is 2. The van der Waals surface area contributed by atoms with Crippen molar-refractivity contribution in [3.63, 3.8) is 0 Å². The van der Waals surface area contributed by atoms with Gasteiger partial charge in [-0.1, -0.05) is 52.6 Å². The Morgan fingerprint density at radius 3 is 2.32 bits per heavy atom.